The van der Waals surface area contributed by atoms with Crippen molar-refractivity contribution in [1.29, 1.82) is 0 Å². The Kier molecular flexibility index (Phi) is 10.8. The van der Waals surface area contributed by atoms with E-state index in [0.717, 1.165) is 61.2 Å². The van der Waals surface area contributed by atoms with Crippen LogP contribution in [0.25, 0.3) is 16.8 Å². The zero-order valence-corrected chi connectivity index (χ0v) is 20.3. The van der Waals surface area contributed by atoms with E-state index in [2.05, 4.69) is 30.4 Å². The van der Waals surface area contributed by atoms with Crippen LogP contribution in [0.1, 0.15) is 69.4 Å². The van der Waals surface area contributed by atoms with Crippen molar-refractivity contribution in [1.82, 2.24) is 5.32 Å². The van der Waals surface area contributed by atoms with Crippen LogP contribution in [-0.4, -0.2) is 33.8 Å². The molecule has 2 atom stereocenters. The fraction of sp³-hybridized carbons (Fsp3) is 0.385. The third kappa shape index (κ3) is 7.73. The Labute approximate surface area is 203 Å². The number of imide groups is 1. The maximum absolute atomic E-state index is 11.9. The second-order valence-corrected chi connectivity index (χ2v) is 9.39. The molecule has 3 rings (SSSR count). The molecule has 0 spiro atoms. The number of benzene rings is 2. The quantitative estimate of drug-likeness (QED) is 0.213. The van der Waals surface area contributed by atoms with E-state index in [-0.39, 0.29) is 23.5 Å². The number of carbonyl (C=O) groups is 4. The van der Waals surface area contributed by atoms with E-state index in [1.54, 1.807) is 13.0 Å². The predicted octanol–water partition coefficient (Wildman–Crippen LogP) is 6.03. The van der Waals surface area contributed by atoms with Crippen LogP contribution in [0.15, 0.2) is 41.3 Å². The molecule has 1 heterocycles. The van der Waals surface area contributed by atoms with Gasteiger partial charge in [0.1, 0.15) is 0 Å². The first-order valence-electron chi connectivity index (χ1n) is 11.4. The Bertz CT molecular complexity index is 1060. The van der Waals surface area contributed by atoms with E-state index < -0.39 is 5.97 Å². The van der Waals surface area contributed by atoms with Gasteiger partial charge in [0.25, 0.3) is 17.6 Å². The first kappa shape index (κ1) is 27.1. The molecule has 0 radical (unpaired) electrons. The van der Waals surface area contributed by atoms with Gasteiger partial charge in [0, 0.05) is 0 Å². The highest BCUT2D eigenvalue weighted by atomic mass is 32.2. The number of hydrogen-bond acceptors (Lipinski definition) is 5. The average molecular weight is 486 g/mol. The molecular weight excluding hydrogens is 454 g/mol. The number of unbranched alkanes of at least 4 members (excludes halogenated alkanes) is 3. The lowest BCUT2D eigenvalue weighted by Gasteiger charge is -2.16. The molecule has 0 saturated carbocycles. The molecule has 2 aromatic rings. The minimum Gasteiger partial charge on any atom is -0.483 e. The molecular formula is C26H31NO6S. The first-order valence-corrected chi connectivity index (χ1v) is 12.2. The number of carboxylic acid groups (broad SMARTS) is 2. The molecule has 2 unspecified atom stereocenters. The molecule has 0 aromatic heterocycles. The molecule has 34 heavy (non-hydrogen) atoms. The second-order valence-electron chi connectivity index (χ2n) is 8.38. The van der Waals surface area contributed by atoms with Crippen LogP contribution < -0.4 is 5.32 Å². The van der Waals surface area contributed by atoms with E-state index in [1.807, 2.05) is 18.2 Å². The average Bonchev–Trinajstić information content (AvgIpc) is 3.12. The summed E-state index contributed by atoms with van der Waals surface area (Å²) in [4.78, 5) is 43.0. The van der Waals surface area contributed by atoms with Crippen LogP contribution in [0.3, 0.4) is 0 Å². The minimum absolute atomic E-state index is 0.250. The van der Waals surface area contributed by atoms with E-state index in [0.29, 0.717) is 10.8 Å². The van der Waals surface area contributed by atoms with Gasteiger partial charge in [-0.1, -0.05) is 75.9 Å². The molecule has 7 nitrogen and oxygen atoms in total. The molecule has 1 aliphatic heterocycles. The number of amides is 2. The summed E-state index contributed by atoms with van der Waals surface area (Å²) in [6, 6.07) is 12.4. The van der Waals surface area contributed by atoms with Gasteiger partial charge >= 0.3 is 5.97 Å². The largest absolute Gasteiger partial charge is 0.483 e. The molecule has 1 fully saturated rings. The second kappa shape index (κ2) is 13.5. The zero-order chi connectivity index (χ0) is 25.1. The van der Waals surface area contributed by atoms with Crippen LogP contribution in [0.4, 0.5) is 4.79 Å². The number of hydrogen-bond donors (Lipinski definition) is 3. The molecule has 1 saturated heterocycles. The fourth-order valence-corrected chi connectivity index (χ4v) is 4.67. The SMILES string of the molecule is CC(CCCCCCC(C)c1ccc(/C=C2\SC(=O)NC2=O)c2ccccc12)C(=O)O.O=CO. The van der Waals surface area contributed by atoms with Crippen molar-refractivity contribution >= 4 is 52.2 Å². The van der Waals surface area contributed by atoms with Crippen molar-refractivity contribution in [2.24, 2.45) is 5.92 Å². The number of carbonyl (C=O) groups excluding carboxylic acids is 2. The number of nitrogens with one attached hydrogen (secondary N) is 1. The highest BCUT2D eigenvalue weighted by molar-refractivity contribution is 8.18. The Hall–Kier alpha value is -3.13. The summed E-state index contributed by atoms with van der Waals surface area (Å²) in [6.07, 6.45) is 7.86. The highest BCUT2D eigenvalue weighted by Gasteiger charge is 2.25. The summed E-state index contributed by atoms with van der Waals surface area (Å²) in [6.45, 7) is 3.76. The van der Waals surface area contributed by atoms with E-state index in [9.17, 15) is 14.4 Å². The topological polar surface area (TPSA) is 121 Å². The van der Waals surface area contributed by atoms with Gasteiger partial charge in [0.05, 0.1) is 10.8 Å². The van der Waals surface area contributed by atoms with Gasteiger partial charge in [-0.15, -0.1) is 0 Å². The van der Waals surface area contributed by atoms with E-state index >= 15 is 0 Å². The lowest BCUT2D eigenvalue weighted by Crippen LogP contribution is -2.17. The van der Waals surface area contributed by atoms with Crippen LogP contribution in [0, 0.1) is 5.92 Å². The van der Waals surface area contributed by atoms with Gasteiger partial charge in [-0.25, -0.2) is 0 Å². The number of carboxylic acids is 1. The lowest BCUT2D eigenvalue weighted by molar-refractivity contribution is -0.141. The Morgan fingerprint density at radius 2 is 1.62 bits per heavy atom. The lowest BCUT2D eigenvalue weighted by atomic mass is 9.89. The molecule has 2 amide bonds. The molecule has 0 aliphatic carbocycles. The molecule has 2 aromatic carbocycles. The van der Waals surface area contributed by atoms with Gasteiger partial charge in [-0.05, 0) is 58.5 Å². The van der Waals surface area contributed by atoms with Crippen molar-refractivity contribution in [3.8, 4) is 0 Å². The third-order valence-electron chi connectivity index (χ3n) is 5.90. The maximum atomic E-state index is 11.9. The number of fused-ring (bicyclic) bond motifs is 1. The van der Waals surface area contributed by atoms with Gasteiger partial charge in [0.2, 0.25) is 0 Å². The van der Waals surface area contributed by atoms with Gasteiger partial charge < -0.3 is 10.2 Å². The standard InChI is InChI=1S/C25H29NO4S.CH2O2/c1-16(9-5-3-4-6-10-17(2)24(28)29)19-14-13-18(20-11-7-8-12-21(19)20)15-22-23(27)26-25(30)31-22;2-1-3/h7-8,11-17H,3-6,9-10H2,1-2H3,(H,28,29)(H,26,27,30);1H,(H,2,3)/b22-15-;. The molecule has 182 valence electrons. The Morgan fingerprint density at radius 1 is 1.00 bits per heavy atom. The third-order valence-corrected chi connectivity index (χ3v) is 6.71. The maximum Gasteiger partial charge on any atom is 0.306 e. The van der Waals surface area contributed by atoms with Crippen molar-refractivity contribution in [2.45, 2.75) is 58.3 Å². The summed E-state index contributed by atoms with van der Waals surface area (Å²) in [5.74, 6) is -0.909. The van der Waals surface area contributed by atoms with Gasteiger partial charge in [-0.2, -0.15) is 0 Å². The summed E-state index contributed by atoms with van der Waals surface area (Å²) >= 11 is 0.937. The Balaban J connectivity index is 0.00000129. The minimum atomic E-state index is -0.710. The van der Waals surface area contributed by atoms with Crippen molar-refractivity contribution in [2.75, 3.05) is 0 Å². The first-order chi connectivity index (χ1) is 16.3. The van der Waals surface area contributed by atoms with Gasteiger partial charge in [0.15, 0.2) is 0 Å². The smallest absolute Gasteiger partial charge is 0.306 e. The number of rotatable bonds is 10. The van der Waals surface area contributed by atoms with Crippen molar-refractivity contribution < 1.29 is 29.4 Å². The summed E-state index contributed by atoms with van der Waals surface area (Å²) in [7, 11) is 0. The van der Waals surface area contributed by atoms with Crippen LogP contribution in [-0.2, 0) is 14.4 Å². The number of thioether (sulfide) groups is 1. The van der Waals surface area contributed by atoms with Crippen molar-refractivity contribution in [3.05, 3.63) is 52.4 Å². The van der Waals surface area contributed by atoms with E-state index in [1.165, 1.54) is 10.9 Å². The highest BCUT2D eigenvalue weighted by Crippen LogP contribution is 2.34. The summed E-state index contributed by atoms with van der Waals surface area (Å²) in [5.41, 5.74) is 2.23. The zero-order valence-electron chi connectivity index (χ0n) is 19.5. The molecule has 8 heteroatoms. The molecule has 1 aliphatic rings. The van der Waals surface area contributed by atoms with Crippen LogP contribution in [0.5, 0.6) is 0 Å². The molecule has 0 bridgehead atoms. The summed E-state index contributed by atoms with van der Waals surface area (Å²) in [5, 5.41) is 20.1. The van der Waals surface area contributed by atoms with E-state index in [4.69, 9.17) is 15.0 Å². The summed E-state index contributed by atoms with van der Waals surface area (Å²) < 4.78 is 0. The van der Waals surface area contributed by atoms with Crippen LogP contribution >= 0.6 is 11.8 Å². The normalized spacial score (nSPS) is 16.0. The number of aliphatic carboxylic acids is 1. The predicted molar refractivity (Wildman–Crippen MR) is 135 cm³/mol. The fourth-order valence-electron chi connectivity index (χ4n) is 4.00. The molecule has 3 N–H and O–H groups in total. The van der Waals surface area contributed by atoms with Gasteiger partial charge in [-0.3, -0.25) is 24.5 Å². The monoisotopic (exact) mass is 485 g/mol. The Morgan fingerprint density at radius 3 is 2.21 bits per heavy atom. The van der Waals surface area contributed by atoms with Crippen LogP contribution in [0.2, 0.25) is 0 Å². The van der Waals surface area contributed by atoms with Crippen molar-refractivity contribution in [3.63, 3.8) is 0 Å².